The van der Waals surface area contributed by atoms with E-state index in [2.05, 4.69) is 38.2 Å². The summed E-state index contributed by atoms with van der Waals surface area (Å²) in [6.45, 7) is 4.88. The molecule has 0 spiro atoms. The van der Waals surface area contributed by atoms with E-state index >= 15 is 0 Å². The van der Waals surface area contributed by atoms with Crippen LogP contribution in [0.15, 0.2) is 24.3 Å². The fourth-order valence-electron chi connectivity index (χ4n) is 3.74. The second-order valence-corrected chi connectivity index (χ2v) is 5.16. The zero-order chi connectivity index (χ0) is 8.34. The standard InChI is InChI=1S/C12H16/c1-12(2)10-6-7-11(12)9-5-3-4-8(9)10/h3-4,6-11H,5H2,1-2H3. The van der Waals surface area contributed by atoms with Crippen LogP contribution in [0.2, 0.25) is 0 Å². The predicted octanol–water partition coefficient (Wildman–Crippen LogP) is 3.02. The molecule has 2 bridgehead atoms. The van der Waals surface area contributed by atoms with Crippen molar-refractivity contribution in [2.75, 3.05) is 0 Å². The van der Waals surface area contributed by atoms with Crippen molar-refractivity contribution in [1.82, 2.24) is 0 Å². The summed E-state index contributed by atoms with van der Waals surface area (Å²) in [4.78, 5) is 0. The van der Waals surface area contributed by atoms with Crippen LogP contribution in [0.3, 0.4) is 0 Å². The summed E-state index contributed by atoms with van der Waals surface area (Å²) >= 11 is 0. The molecule has 3 aliphatic carbocycles. The van der Waals surface area contributed by atoms with Gasteiger partial charge in [0.05, 0.1) is 0 Å². The molecule has 0 aliphatic heterocycles. The maximum atomic E-state index is 2.47. The van der Waals surface area contributed by atoms with E-state index in [1.54, 1.807) is 0 Å². The van der Waals surface area contributed by atoms with Crippen molar-refractivity contribution in [3.05, 3.63) is 24.3 Å². The van der Waals surface area contributed by atoms with Crippen LogP contribution in [0.4, 0.5) is 0 Å². The van der Waals surface area contributed by atoms with Gasteiger partial charge in [-0.15, -0.1) is 0 Å². The smallest absolute Gasteiger partial charge is 0.0110 e. The number of hydrogen-bond acceptors (Lipinski definition) is 0. The average Bonchev–Trinajstić information content (AvgIpc) is 2.60. The first-order valence-corrected chi connectivity index (χ1v) is 5.06. The fraction of sp³-hybridized carbons (Fsp3) is 0.667. The van der Waals surface area contributed by atoms with Gasteiger partial charge in [-0.3, -0.25) is 0 Å². The number of allylic oxidation sites excluding steroid dienone is 4. The summed E-state index contributed by atoms with van der Waals surface area (Å²) in [6, 6.07) is 0. The quantitative estimate of drug-likeness (QED) is 0.478. The molecule has 4 atom stereocenters. The highest BCUT2D eigenvalue weighted by atomic mass is 14.6. The molecule has 0 heterocycles. The minimum atomic E-state index is 0.556. The average molecular weight is 160 g/mol. The highest BCUT2D eigenvalue weighted by Gasteiger charge is 2.55. The minimum absolute atomic E-state index is 0.556. The van der Waals surface area contributed by atoms with Gasteiger partial charge in [-0.1, -0.05) is 38.2 Å². The van der Waals surface area contributed by atoms with Crippen molar-refractivity contribution in [2.24, 2.45) is 29.1 Å². The van der Waals surface area contributed by atoms with Crippen molar-refractivity contribution >= 4 is 0 Å². The Morgan fingerprint density at radius 1 is 1.08 bits per heavy atom. The maximum absolute atomic E-state index is 2.47. The third-order valence-electron chi connectivity index (χ3n) is 4.38. The molecular weight excluding hydrogens is 144 g/mol. The minimum Gasteiger partial charge on any atom is -0.0879 e. The molecule has 1 fully saturated rings. The van der Waals surface area contributed by atoms with Gasteiger partial charge < -0.3 is 0 Å². The highest BCUT2D eigenvalue weighted by Crippen LogP contribution is 2.62. The topological polar surface area (TPSA) is 0 Å². The van der Waals surface area contributed by atoms with Crippen LogP contribution >= 0.6 is 0 Å². The van der Waals surface area contributed by atoms with E-state index in [4.69, 9.17) is 0 Å². The highest BCUT2D eigenvalue weighted by molar-refractivity contribution is 5.27. The van der Waals surface area contributed by atoms with Gasteiger partial charge >= 0.3 is 0 Å². The van der Waals surface area contributed by atoms with Crippen LogP contribution < -0.4 is 0 Å². The molecular formula is C12H16. The molecule has 4 unspecified atom stereocenters. The summed E-state index contributed by atoms with van der Waals surface area (Å²) in [5.74, 6) is 3.54. The lowest BCUT2D eigenvalue weighted by atomic mass is 9.78. The van der Waals surface area contributed by atoms with E-state index in [9.17, 15) is 0 Å². The Balaban J connectivity index is 2.08. The van der Waals surface area contributed by atoms with Gasteiger partial charge in [0.2, 0.25) is 0 Å². The summed E-state index contributed by atoms with van der Waals surface area (Å²) in [6.07, 6.45) is 11.1. The lowest BCUT2D eigenvalue weighted by Gasteiger charge is -2.26. The van der Waals surface area contributed by atoms with Crippen LogP contribution in [-0.2, 0) is 0 Å². The molecule has 64 valence electrons. The Morgan fingerprint density at radius 3 is 2.58 bits per heavy atom. The van der Waals surface area contributed by atoms with Gasteiger partial charge in [0.1, 0.15) is 0 Å². The Morgan fingerprint density at radius 2 is 1.83 bits per heavy atom. The Bertz CT molecular complexity index is 270. The summed E-state index contributed by atoms with van der Waals surface area (Å²) in [5.41, 5.74) is 0.556. The summed E-state index contributed by atoms with van der Waals surface area (Å²) in [7, 11) is 0. The second-order valence-electron chi connectivity index (χ2n) is 5.16. The first-order chi connectivity index (χ1) is 5.71. The number of hydrogen-bond donors (Lipinski definition) is 0. The van der Waals surface area contributed by atoms with E-state index in [1.165, 1.54) is 6.42 Å². The first-order valence-electron chi connectivity index (χ1n) is 5.06. The van der Waals surface area contributed by atoms with Crippen molar-refractivity contribution < 1.29 is 0 Å². The molecule has 3 rings (SSSR count). The van der Waals surface area contributed by atoms with Gasteiger partial charge in [-0.25, -0.2) is 0 Å². The van der Waals surface area contributed by atoms with E-state index < -0.39 is 0 Å². The molecule has 3 aliphatic rings. The molecule has 0 nitrogen and oxygen atoms in total. The Hall–Kier alpha value is -0.520. The van der Waals surface area contributed by atoms with E-state index in [-0.39, 0.29) is 0 Å². The van der Waals surface area contributed by atoms with Crippen molar-refractivity contribution in [2.45, 2.75) is 20.3 Å². The largest absolute Gasteiger partial charge is 0.0879 e. The van der Waals surface area contributed by atoms with E-state index in [0.29, 0.717) is 5.41 Å². The molecule has 1 saturated carbocycles. The van der Waals surface area contributed by atoms with Crippen LogP contribution in [-0.4, -0.2) is 0 Å². The fourth-order valence-corrected chi connectivity index (χ4v) is 3.74. The van der Waals surface area contributed by atoms with Crippen molar-refractivity contribution in [3.63, 3.8) is 0 Å². The zero-order valence-electron chi connectivity index (χ0n) is 7.83. The number of rotatable bonds is 0. The predicted molar refractivity (Wildman–Crippen MR) is 50.6 cm³/mol. The lowest BCUT2D eigenvalue weighted by Crippen LogP contribution is -2.20. The summed E-state index contributed by atoms with van der Waals surface area (Å²) in [5, 5.41) is 0. The van der Waals surface area contributed by atoms with Gasteiger partial charge in [0.25, 0.3) is 0 Å². The van der Waals surface area contributed by atoms with Crippen LogP contribution in [0.1, 0.15) is 20.3 Å². The molecule has 0 aromatic heterocycles. The third-order valence-corrected chi connectivity index (χ3v) is 4.38. The number of fused-ring (bicyclic) bond motifs is 5. The molecule has 0 heteroatoms. The molecule has 0 aromatic rings. The lowest BCUT2D eigenvalue weighted by molar-refractivity contribution is 0.256. The van der Waals surface area contributed by atoms with Gasteiger partial charge in [-0.2, -0.15) is 0 Å². The molecule has 0 aromatic carbocycles. The van der Waals surface area contributed by atoms with Gasteiger partial charge in [0.15, 0.2) is 0 Å². The SMILES string of the molecule is CC1(C)C2C=CC1C1CC=CC12. The second kappa shape index (κ2) is 1.86. The Labute approximate surface area is 74.4 Å². The Kier molecular flexibility index (Phi) is 1.08. The molecule has 0 amide bonds. The van der Waals surface area contributed by atoms with Crippen molar-refractivity contribution in [3.8, 4) is 0 Å². The third kappa shape index (κ3) is 0.573. The summed E-state index contributed by atoms with van der Waals surface area (Å²) < 4.78 is 0. The van der Waals surface area contributed by atoms with E-state index in [1.807, 2.05) is 0 Å². The van der Waals surface area contributed by atoms with Crippen LogP contribution in [0.25, 0.3) is 0 Å². The van der Waals surface area contributed by atoms with Crippen LogP contribution in [0, 0.1) is 29.1 Å². The van der Waals surface area contributed by atoms with Gasteiger partial charge in [-0.05, 0) is 35.5 Å². The van der Waals surface area contributed by atoms with E-state index in [0.717, 1.165) is 23.7 Å². The maximum Gasteiger partial charge on any atom is -0.0110 e. The normalized spacial score (nSPS) is 51.8. The van der Waals surface area contributed by atoms with Crippen molar-refractivity contribution in [1.29, 1.82) is 0 Å². The molecule has 0 saturated heterocycles. The first kappa shape index (κ1) is 6.94. The monoisotopic (exact) mass is 160 g/mol. The molecule has 0 N–H and O–H groups in total. The molecule has 0 radical (unpaired) electrons. The van der Waals surface area contributed by atoms with Gasteiger partial charge in [0, 0.05) is 0 Å². The van der Waals surface area contributed by atoms with Crippen LogP contribution in [0.5, 0.6) is 0 Å². The zero-order valence-corrected chi connectivity index (χ0v) is 7.83. The molecule has 12 heavy (non-hydrogen) atoms.